The third-order valence-electron chi connectivity index (χ3n) is 3.08. The molecule has 84 valence electrons. The summed E-state index contributed by atoms with van der Waals surface area (Å²) in [6, 6.07) is 0.459. The number of nitrogens with zero attached hydrogens (tertiary/aromatic N) is 1. The number of hydrogen-bond donors (Lipinski definition) is 2. The van der Waals surface area contributed by atoms with Crippen LogP contribution in [0.2, 0.25) is 0 Å². The highest BCUT2D eigenvalue weighted by atomic mass is 32.1. The highest BCUT2D eigenvalue weighted by Crippen LogP contribution is 2.22. The van der Waals surface area contributed by atoms with Gasteiger partial charge < -0.3 is 11.1 Å². The van der Waals surface area contributed by atoms with E-state index in [1.165, 1.54) is 30.7 Å². The Kier molecular flexibility index (Phi) is 4.11. The number of thiazole rings is 1. The van der Waals surface area contributed by atoms with E-state index >= 15 is 0 Å². The Morgan fingerprint density at radius 3 is 2.87 bits per heavy atom. The van der Waals surface area contributed by atoms with E-state index < -0.39 is 0 Å². The van der Waals surface area contributed by atoms with E-state index in [9.17, 15) is 0 Å². The second-order valence-electron chi connectivity index (χ2n) is 4.34. The molecule has 1 fully saturated rings. The lowest BCUT2D eigenvalue weighted by Gasteiger charge is -2.26. The summed E-state index contributed by atoms with van der Waals surface area (Å²) >= 11 is 1.72. The molecule has 0 amide bonds. The molecule has 0 spiro atoms. The molecule has 3 N–H and O–H groups in total. The molecule has 1 saturated carbocycles. The van der Waals surface area contributed by atoms with Gasteiger partial charge in [0.15, 0.2) is 0 Å². The van der Waals surface area contributed by atoms with Crippen LogP contribution in [0.5, 0.6) is 0 Å². The van der Waals surface area contributed by atoms with Gasteiger partial charge in [-0.1, -0.05) is 0 Å². The molecule has 3 nitrogen and oxygen atoms in total. The average molecular weight is 225 g/mol. The van der Waals surface area contributed by atoms with Crippen LogP contribution < -0.4 is 11.1 Å². The normalized spacial score (nSPS) is 26.7. The third-order valence-corrected chi connectivity index (χ3v) is 3.86. The van der Waals surface area contributed by atoms with Crippen molar-refractivity contribution >= 4 is 11.3 Å². The quantitative estimate of drug-likeness (QED) is 0.821. The summed E-state index contributed by atoms with van der Waals surface area (Å²) in [5.41, 5.74) is 5.87. The van der Waals surface area contributed by atoms with Crippen LogP contribution in [0.1, 0.15) is 30.7 Å². The molecule has 0 radical (unpaired) electrons. The Morgan fingerprint density at radius 2 is 2.20 bits per heavy atom. The summed E-state index contributed by atoms with van der Waals surface area (Å²) in [5.74, 6) is 0.824. The van der Waals surface area contributed by atoms with Crippen LogP contribution in [-0.2, 0) is 6.54 Å². The summed E-state index contributed by atoms with van der Waals surface area (Å²) < 4.78 is 0. The maximum absolute atomic E-state index is 5.87. The van der Waals surface area contributed by atoms with Gasteiger partial charge in [-0.15, -0.1) is 11.3 Å². The van der Waals surface area contributed by atoms with Crippen LogP contribution in [-0.4, -0.2) is 17.6 Å². The lowest BCUT2D eigenvalue weighted by molar-refractivity contribution is 0.314. The maximum Gasteiger partial charge on any atom is 0.106 e. The van der Waals surface area contributed by atoms with E-state index in [0.717, 1.165) is 19.0 Å². The van der Waals surface area contributed by atoms with Crippen molar-refractivity contribution in [2.24, 2.45) is 11.7 Å². The molecule has 0 unspecified atom stereocenters. The van der Waals surface area contributed by atoms with Crippen molar-refractivity contribution in [3.63, 3.8) is 0 Å². The zero-order valence-electron chi connectivity index (χ0n) is 8.98. The first kappa shape index (κ1) is 11.0. The van der Waals surface area contributed by atoms with Gasteiger partial charge in [0.05, 0.1) is 0 Å². The largest absolute Gasteiger partial charge is 0.328 e. The Balaban J connectivity index is 1.62. The van der Waals surface area contributed by atoms with Crippen molar-refractivity contribution < 1.29 is 0 Å². The molecule has 0 aliphatic heterocycles. The number of nitrogens with two attached hydrogens (primary N) is 1. The molecule has 2 rings (SSSR count). The van der Waals surface area contributed by atoms with Crippen molar-refractivity contribution in [3.05, 3.63) is 16.6 Å². The van der Waals surface area contributed by atoms with Crippen molar-refractivity contribution in [1.82, 2.24) is 10.3 Å². The summed E-state index contributed by atoms with van der Waals surface area (Å²) in [6.07, 6.45) is 6.83. The van der Waals surface area contributed by atoms with E-state index in [4.69, 9.17) is 5.73 Å². The van der Waals surface area contributed by atoms with E-state index in [1.54, 1.807) is 11.3 Å². The van der Waals surface area contributed by atoms with Gasteiger partial charge in [0.2, 0.25) is 0 Å². The van der Waals surface area contributed by atoms with E-state index in [-0.39, 0.29) is 0 Å². The number of aromatic nitrogens is 1. The van der Waals surface area contributed by atoms with Crippen LogP contribution in [0.4, 0.5) is 0 Å². The standard InChI is InChI=1S/C11H19N3S/c12-10-3-1-9(2-4-10)7-13-8-11-14-5-6-15-11/h5-6,9-10,13H,1-4,7-8,12H2. The van der Waals surface area contributed by atoms with Crippen molar-refractivity contribution in [2.75, 3.05) is 6.54 Å². The highest BCUT2D eigenvalue weighted by Gasteiger charge is 2.17. The lowest BCUT2D eigenvalue weighted by atomic mass is 9.86. The Morgan fingerprint density at radius 1 is 1.40 bits per heavy atom. The van der Waals surface area contributed by atoms with Gasteiger partial charge in [0.25, 0.3) is 0 Å². The number of hydrogen-bond acceptors (Lipinski definition) is 4. The van der Waals surface area contributed by atoms with Crippen LogP contribution in [0.3, 0.4) is 0 Å². The summed E-state index contributed by atoms with van der Waals surface area (Å²) in [7, 11) is 0. The first-order chi connectivity index (χ1) is 7.34. The topological polar surface area (TPSA) is 50.9 Å². The lowest BCUT2D eigenvalue weighted by Crippen LogP contribution is -2.31. The van der Waals surface area contributed by atoms with Crippen LogP contribution >= 0.6 is 11.3 Å². The molecule has 1 aliphatic carbocycles. The minimum absolute atomic E-state index is 0.459. The van der Waals surface area contributed by atoms with Gasteiger partial charge in [-0.2, -0.15) is 0 Å². The molecular formula is C11H19N3S. The van der Waals surface area contributed by atoms with Gasteiger partial charge in [0, 0.05) is 24.2 Å². The van der Waals surface area contributed by atoms with Crippen molar-refractivity contribution in [1.29, 1.82) is 0 Å². The summed E-state index contributed by atoms with van der Waals surface area (Å²) in [5, 5.41) is 6.69. The average Bonchev–Trinajstić information content (AvgIpc) is 2.74. The molecule has 15 heavy (non-hydrogen) atoms. The van der Waals surface area contributed by atoms with E-state index in [0.29, 0.717) is 6.04 Å². The van der Waals surface area contributed by atoms with Crippen LogP contribution in [0.25, 0.3) is 0 Å². The van der Waals surface area contributed by atoms with E-state index in [1.807, 2.05) is 11.6 Å². The molecule has 1 aromatic heterocycles. The maximum atomic E-state index is 5.87. The zero-order valence-corrected chi connectivity index (χ0v) is 9.80. The van der Waals surface area contributed by atoms with Crippen LogP contribution in [0, 0.1) is 5.92 Å². The smallest absolute Gasteiger partial charge is 0.106 e. The molecule has 0 atom stereocenters. The molecule has 1 heterocycles. The SMILES string of the molecule is NC1CCC(CNCc2nccs2)CC1. The number of nitrogens with one attached hydrogen (secondary N) is 1. The van der Waals surface area contributed by atoms with Gasteiger partial charge >= 0.3 is 0 Å². The summed E-state index contributed by atoms with van der Waals surface area (Å²) in [4.78, 5) is 4.25. The predicted molar refractivity (Wildman–Crippen MR) is 63.8 cm³/mol. The second kappa shape index (κ2) is 5.58. The van der Waals surface area contributed by atoms with Gasteiger partial charge in [-0.25, -0.2) is 4.98 Å². The molecular weight excluding hydrogens is 206 g/mol. The first-order valence-electron chi connectivity index (χ1n) is 5.69. The van der Waals surface area contributed by atoms with Crippen molar-refractivity contribution in [3.8, 4) is 0 Å². The molecule has 4 heteroatoms. The van der Waals surface area contributed by atoms with Crippen LogP contribution in [0.15, 0.2) is 11.6 Å². The Bertz CT molecular complexity index is 265. The predicted octanol–water partition coefficient (Wildman–Crippen LogP) is 1.75. The highest BCUT2D eigenvalue weighted by molar-refractivity contribution is 7.09. The Hall–Kier alpha value is -0.450. The third kappa shape index (κ3) is 3.55. The van der Waals surface area contributed by atoms with Gasteiger partial charge in [-0.3, -0.25) is 0 Å². The minimum atomic E-state index is 0.459. The monoisotopic (exact) mass is 225 g/mol. The fourth-order valence-corrected chi connectivity index (χ4v) is 2.70. The molecule has 0 saturated heterocycles. The fraction of sp³-hybridized carbons (Fsp3) is 0.727. The molecule has 0 bridgehead atoms. The summed E-state index contributed by atoms with van der Waals surface area (Å²) in [6.45, 7) is 2.03. The fourth-order valence-electron chi connectivity index (χ4n) is 2.12. The molecule has 1 aliphatic rings. The second-order valence-corrected chi connectivity index (χ2v) is 5.32. The number of rotatable bonds is 4. The molecule has 1 aromatic rings. The zero-order chi connectivity index (χ0) is 10.5. The minimum Gasteiger partial charge on any atom is -0.328 e. The molecule has 0 aromatic carbocycles. The first-order valence-corrected chi connectivity index (χ1v) is 6.57. The van der Waals surface area contributed by atoms with Gasteiger partial charge in [0.1, 0.15) is 5.01 Å². The van der Waals surface area contributed by atoms with Gasteiger partial charge in [-0.05, 0) is 38.1 Å². The van der Waals surface area contributed by atoms with Crippen molar-refractivity contribution in [2.45, 2.75) is 38.3 Å². The van der Waals surface area contributed by atoms with E-state index in [2.05, 4.69) is 10.3 Å². The Labute approximate surface area is 95.1 Å².